The van der Waals surface area contributed by atoms with Gasteiger partial charge < -0.3 is 19.9 Å². The van der Waals surface area contributed by atoms with Crippen LogP contribution < -0.4 is 10.1 Å². The molecule has 0 bridgehead atoms. The van der Waals surface area contributed by atoms with Gasteiger partial charge in [-0.1, -0.05) is 42.5 Å². The molecule has 6 heteroatoms. The van der Waals surface area contributed by atoms with E-state index in [1.807, 2.05) is 30.3 Å². The maximum atomic E-state index is 12.5. The summed E-state index contributed by atoms with van der Waals surface area (Å²) in [5, 5.41) is 2.72. The number of nitrogens with one attached hydrogen (secondary N) is 1. The van der Waals surface area contributed by atoms with E-state index in [-0.39, 0.29) is 6.03 Å². The summed E-state index contributed by atoms with van der Waals surface area (Å²) in [6.45, 7) is 4.62. The number of hydrogen-bond donors (Lipinski definition) is 1. The van der Waals surface area contributed by atoms with Crippen LogP contribution in [0.25, 0.3) is 0 Å². The fourth-order valence-corrected chi connectivity index (χ4v) is 2.36. The van der Waals surface area contributed by atoms with Gasteiger partial charge in [-0.3, -0.25) is 0 Å². The molecule has 0 atom stereocenters. The lowest BCUT2D eigenvalue weighted by molar-refractivity contribution is 0.158. The predicted molar refractivity (Wildman–Crippen MR) is 107 cm³/mol. The van der Waals surface area contributed by atoms with Crippen molar-refractivity contribution in [3.63, 3.8) is 0 Å². The second-order valence-electron chi connectivity index (χ2n) is 6.19. The van der Waals surface area contributed by atoms with Crippen molar-refractivity contribution < 1.29 is 14.3 Å². The Hall–Kier alpha value is -3.28. The Kier molecular flexibility index (Phi) is 7.43. The molecular formula is C21H25N3O3. The minimum Gasteiger partial charge on any atom is -0.410 e. The topological polar surface area (TPSA) is 61.9 Å². The molecule has 0 spiro atoms. The first-order valence-corrected chi connectivity index (χ1v) is 8.69. The highest BCUT2D eigenvalue weighted by Gasteiger charge is 2.15. The van der Waals surface area contributed by atoms with E-state index in [4.69, 9.17) is 4.74 Å². The Labute approximate surface area is 160 Å². The van der Waals surface area contributed by atoms with Gasteiger partial charge >= 0.3 is 12.1 Å². The minimum absolute atomic E-state index is 0.255. The van der Waals surface area contributed by atoms with Crippen LogP contribution in [0, 0.1) is 0 Å². The molecule has 3 amide bonds. The molecule has 0 saturated carbocycles. The normalized spacial score (nSPS) is 10.0. The van der Waals surface area contributed by atoms with E-state index in [0.29, 0.717) is 24.5 Å². The minimum atomic E-state index is -0.457. The van der Waals surface area contributed by atoms with Gasteiger partial charge in [0.15, 0.2) is 0 Å². The summed E-state index contributed by atoms with van der Waals surface area (Å²) in [7, 11) is 3.30. The van der Waals surface area contributed by atoms with Crippen LogP contribution >= 0.6 is 0 Å². The van der Waals surface area contributed by atoms with Crippen LogP contribution in [0.5, 0.6) is 5.75 Å². The monoisotopic (exact) mass is 367 g/mol. The first-order valence-electron chi connectivity index (χ1n) is 8.69. The van der Waals surface area contributed by atoms with Crippen LogP contribution in [0.15, 0.2) is 67.3 Å². The van der Waals surface area contributed by atoms with Gasteiger partial charge in [0.05, 0.1) is 0 Å². The number of amides is 3. The zero-order valence-corrected chi connectivity index (χ0v) is 15.7. The molecule has 0 unspecified atom stereocenters. The molecule has 1 N–H and O–H groups in total. The van der Waals surface area contributed by atoms with Crippen LogP contribution in [-0.2, 0) is 6.42 Å². The molecule has 0 aliphatic heterocycles. The molecule has 0 heterocycles. The summed E-state index contributed by atoms with van der Waals surface area (Å²) >= 11 is 0. The summed E-state index contributed by atoms with van der Waals surface area (Å²) in [5.41, 5.74) is 1.70. The first-order chi connectivity index (χ1) is 13.0. The lowest BCUT2D eigenvalue weighted by Crippen LogP contribution is -2.35. The van der Waals surface area contributed by atoms with Crippen molar-refractivity contribution in [2.45, 2.75) is 6.42 Å². The quantitative estimate of drug-likeness (QED) is 0.752. The van der Waals surface area contributed by atoms with Gasteiger partial charge in [0.25, 0.3) is 0 Å². The smallest absolute Gasteiger partial charge is 0.410 e. The van der Waals surface area contributed by atoms with E-state index in [1.165, 1.54) is 4.90 Å². The lowest BCUT2D eigenvalue weighted by Gasteiger charge is -2.20. The number of urea groups is 1. The number of carbonyl (C=O) groups excluding carboxylic acids is 2. The van der Waals surface area contributed by atoms with Gasteiger partial charge in [-0.05, 0) is 24.1 Å². The van der Waals surface area contributed by atoms with Gasteiger partial charge in [0.2, 0.25) is 0 Å². The molecule has 2 rings (SSSR count). The Bertz CT molecular complexity index is 775. The standard InChI is InChI=1S/C21H25N3O3/c1-4-14-24(15-13-17-9-6-5-7-10-17)21(26)27-19-12-8-11-18(16-19)22-20(25)23(2)3/h4-12,16H,1,13-15H2,2-3H3,(H,22,25). The number of rotatable bonds is 7. The van der Waals surface area contributed by atoms with Gasteiger partial charge in [0, 0.05) is 38.9 Å². The van der Waals surface area contributed by atoms with Crippen molar-refractivity contribution in [2.24, 2.45) is 0 Å². The zero-order valence-electron chi connectivity index (χ0n) is 15.7. The molecule has 0 radical (unpaired) electrons. The molecular weight excluding hydrogens is 342 g/mol. The third kappa shape index (κ3) is 6.51. The number of ether oxygens (including phenoxy) is 1. The second-order valence-corrected chi connectivity index (χ2v) is 6.19. The Balaban J connectivity index is 1.99. The highest BCUT2D eigenvalue weighted by molar-refractivity contribution is 5.89. The number of benzene rings is 2. The van der Waals surface area contributed by atoms with Gasteiger partial charge in [-0.25, -0.2) is 9.59 Å². The van der Waals surface area contributed by atoms with Crippen LogP contribution in [0.3, 0.4) is 0 Å². The van der Waals surface area contributed by atoms with E-state index in [2.05, 4.69) is 11.9 Å². The predicted octanol–water partition coefficient (Wildman–Crippen LogP) is 4.01. The molecule has 2 aromatic rings. The number of carbonyl (C=O) groups is 2. The first kappa shape index (κ1) is 20.0. The molecule has 142 valence electrons. The summed E-state index contributed by atoms with van der Waals surface area (Å²) in [5.74, 6) is 0.366. The van der Waals surface area contributed by atoms with Crippen molar-refractivity contribution >= 4 is 17.8 Å². The summed E-state index contributed by atoms with van der Waals surface area (Å²) < 4.78 is 5.47. The van der Waals surface area contributed by atoms with Gasteiger partial charge in [0.1, 0.15) is 5.75 Å². The van der Waals surface area contributed by atoms with Crippen molar-refractivity contribution in [3.05, 3.63) is 72.8 Å². The SMILES string of the molecule is C=CCN(CCc1ccccc1)C(=O)Oc1cccc(NC(=O)N(C)C)c1. The van der Waals surface area contributed by atoms with E-state index < -0.39 is 6.09 Å². The van der Waals surface area contributed by atoms with Gasteiger partial charge in [-0.15, -0.1) is 6.58 Å². The van der Waals surface area contributed by atoms with E-state index >= 15 is 0 Å². The highest BCUT2D eigenvalue weighted by atomic mass is 16.6. The van der Waals surface area contributed by atoms with E-state index in [9.17, 15) is 9.59 Å². The van der Waals surface area contributed by atoms with Crippen molar-refractivity contribution in [1.29, 1.82) is 0 Å². The number of nitrogens with zero attached hydrogens (tertiary/aromatic N) is 2. The molecule has 0 aliphatic rings. The van der Waals surface area contributed by atoms with Crippen molar-refractivity contribution in [3.8, 4) is 5.75 Å². The summed E-state index contributed by atoms with van der Waals surface area (Å²) in [4.78, 5) is 27.3. The summed E-state index contributed by atoms with van der Waals surface area (Å²) in [6, 6.07) is 16.4. The highest BCUT2D eigenvalue weighted by Crippen LogP contribution is 2.18. The molecule has 27 heavy (non-hydrogen) atoms. The molecule has 0 aromatic heterocycles. The second kappa shape index (κ2) is 10.0. The summed E-state index contributed by atoms with van der Waals surface area (Å²) in [6.07, 6.45) is 1.94. The third-order valence-corrected chi connectivity index (χ3v) is 3.82. The fraction of sp³-hybridized carbons (Fsp3) is 0.238. The molecule has 6 nitrogen and oxygen atoms in total. The Morgan fingerprint density at radius 1 is 1.11 bits per heavy atom. The number of anilines is 1. The van der Waals surface area contributed by atoms with Crippen LogP contribution in [0.1, 0.15) is 5.56 Å². The Morgan fingerprint density at radius 2 is 1.85 bits per heavy atom. The molecule has 2 aromatic carbocycles. The molecule has 0 aliphatic carbocycles. The maximum absolute atomic E-state index is 12.5. The number of hydrogen-bond acceptors (Lipinski definition) is 3. The largest absolute Gasteiger partial charge is 0.415 e. The zero-order chi connectivity index (χ0) is 19.6. The van der Waals surface area contributed by atoms with Crippen molar-refractivity contribution in [2.75, 3.05) is 32.5 Å². The van der Waals surface area contributed by atoms with Crippen LogP contribution in [-0.4, -0.2) is 49.1 Å². The van der Waals surface area contributed by atoms with E-state index in [0.717, 1.165) is 12.0 Å². The average molecular weight is 367 g/mol. The lowest BCUT2D eigenvalue weighted by atomic mass is 10.1. The third-order valence-electron chi connectivity index (χ3n) is 3.82. The Morgan fingerprint density at radius 3 is 2.52 bits per heavy atom. The van der Waals surface area contributed by atoms with Gasteiger partial charge in [-0.2, -0.15) is 0 Å². The van der Waals surface area contributed by atoms with Crippen LogP contribution in [0.4, 0.5) is 15.3 Å². The van der Waals surface area contributed by atoms with Crippen LogP contribution in [0.2, 0.25) is 0 Å². The molecule has 0 fully saturated rings. The maximum Gasteiger partial charge on any atom is 0.415 e. The van der Waals surface area contributed by atoms with E-state index in [1.54, 1.807) is 49.3 Å². The fourth-order valence-electron chi connectivity index (χ4n) is 2.36. The van der Waals surface area contributed by atoms with Crippen molar-refractivity contribution in [1.82, 2.24) is 9.80 Å². The molecule has 0 saturated heterocycles. The average Bonchev–Trinajstić information content (AvgIpc) is 2.66.